The van der Waals surface area contributed by atoms with Crippen molar-refractivity contribution in [3.05, 3.63) is 64.1 Å². The second kappa shape index (κ2) is 7.59. The van der Waals surface area contributed by atoms with Gasteiger partial charge in [-0.3, -0.25) is 9.59 Å². The lowest BCUT2D eigenvalue weighted by Crippen LogP contribution is -2.40. The number of anilines is 1. The van der Waals surface area contributed by atoms with Crippen molar-refractivity contribution in [2.45, 2.75) is 0 Å². The minimum absolute atomic E-state index is 0.0751. The molecule has 0 bridgehead atoms. The van der Waals surface area contributed by atoms with E-state index in [0.717, 1.165) is 4.47 Å². The number of carbonyl (C=O) groups excluding carboxylic acids is 2. The molecule has 124 valence electrons. The lowest BCUT2D eigenvalue weighted by Gasteiger charge is -2.27. The Kier molecular flexibility index (Phi) is 5.27. The average Bonchev–Trinajstić information content (AvgIpc) is 2.64. The number of rotatable bonds is 3. The molecule has 0 spiro atoms. The van der Waals surface area contributed by atoms with Gasteiger partial charge in [0.1, 0.15) is 0 Å². The Morgan fingerprint density at radius 1 is 1.00 bits per heavy atom. The molecule has 1 aliphatic heterocycles. The van der Waals surface area contributed by atoms with Gasteiger partial charge in [-0.1, -0.05) is 18.2 Å². The third-order valence-corrected chi connectivity index (χ3v) is 4.48. The van der Waals surface area contributed by atoms with Crippen molar-refractivity contribution in [2.24, 2.45) is 0 Å². The first-order valence-corrected chi connectivity index (χ1v) is 8.47. The van der Waals surface area contributed by atoms with Crippen molar-refractivity contribution in [1.82, 2.24) is 4.90 Å². The Balaban J connectivity index is 1.76. The summed E-state index contributed by atoms with van der Waals surface area (Å²) in [7, 11) is 0. The van der Waals surface area contributed by atoms with Crippen LogP contribution in [0.2, 0.25) is 0 Å². The van der Waals surface area contributed by atoms with E-state index in [4.69, 9.17) is 4.74 Å². The number of para-hydroxylation sites is 1. The molecule has 0 saturated carbocycles. The molecule has 2 aromatic carbocycles. The monoisotopic (exact) mass is 388 g/mol. The number of hydrogen-bond donors (Lipinski definition) is 1. The smallest absolute Gasteiger partial charge is 0.255 e. The highest BCUT2D eigenvalue weighted by Crippen LogP contribution is 2.22. The summed E-state index contributed by atoms with van der Waals surface area (Å²) in [5.41, 5.74) is 1.65. The molecule has 0 aliphatic carbocycles. The first kappa shape index (κ1) is 16.7. The third kappa shape index (κ3) is 3.83. The van der Waals surface area contributed by atoms with Gasteiger partial charge in [0.05, 0.1) is 18.9 Å². The van der Waals surface area contributed by atoms with Crippen LogP contribution in [0.5, 0.6) is 0 Å². The Morgan fingerprint density at radius 2 is 1.71 bits per heavy atom. The SMILES string of the molecule is O=C(Nc1ccccc1Br)c1cccc(C(=O)N2CCOCC2)c1. The van der Waals surface area contributed by atoms with Crippen LogP contribution >= 0.6 is 15.9 Å². The van der Waals surface area contributed by atoms with Gasteiger partial charge in [0, 0.05) is 28.7 Å². The Labute approximate surface area is 148 Å². The summed E-state index contributed by atoms with van der Waals surface area (Å²) < 4.78 is 6.07. The van der Waals surface area contributed by atoms with Gasteiger partial charge >= 0.3 is 0 Å². The van der Waals surface area contributed by atoms with E-state index in [1.54, 1.807) is 29.2 Å². The quantitative estimate of drug-likeness (QED) is 0.878. The zero-order valence-electron chi connectivity index (χ0n) is 13.0. The standard InChI is InChI=1S/C18H17BrN2O3/c19-15-6-1-2-7-16(15)20-17(22)13-4-3-5-14(12-13)18(23)21-8-10-24-11-9-21/h1-7,12H,8-11H2,(H,20,22). The van der Waals surface area contributed by atoms with Gasteiger partial charge in [-0.25, -0.2) is 0 Å². The number of nitrogens with zero attached hydrogens (tertiary/aromatic N) is 1. The van der Waals surface area contributed by atoms with Crippen molar-refractivity contribution in [1.29, 1.82) is 0 Å². The Hall–Kier alpha value is -2.18. The van der Waals surface area contributed by atoms with Crippen LogP contribution < -0.4 is 5.32 Å². The van der Waals surface area contributed by atoms with Gasteiger partial charge in [-0.15, -0.1) is 0 Å². The predicted molar refractivity (Wildman–Crippen MR) is 95.3 cm³/mol. The number of morpholine rings is 1. The molecule has 2 aromatic rings. The molecule has 2 amide bonds. The Morgan fingerprint density at radius 3 is 2.46 bits per heavy atom. The normalized spacial score (nSPS) is 14.3. The van der Waals surface area contributed by atoms with E-state index in [0.29, 0.717) is 43.1 Å². The van der Waals surface area contributed by atoms with E-state index in [2.05, 4.69) is 21.2 Å². The van der Waals surface area contributed by atoms with Crippen LogP contribution in [0.4, 0.5) is 5.69 Å². The molecule has 0 radical (unpaired) electrons. The highest BCUT2D eigenvalue weighted by atomic mass is 79.9. The van der Waals surface area contributed by atoms with Crippen LogP contribution in [0.25, 0.3) is 0 Å². The lowest BCUT2D eigenvalue weighted by molar-refractivity contribution is 0.0303. The number of amides is 2. The number of halogens is 1. The summed E-state index contributed by atoms with van der Waals surface area (Å²) in [4.78, 5) is 26.7. The maximum Gasteiger partial charge on any atom is 0.255 e. The number of carbonyl (C=O) groups is 2. The first-order chi connectivity index (χ1) is 11.6. The molecule has 24 heavy (non-hydrogen) atoms. The van der Waals surface area contributed by atoms with E-state index in [1.807, 2.05) is 24.3 Å². The zero-order chi connectivity index (χ0) is 16.9. The van der Waals surface area contributed by atoms with E-state index in [1.165, 1.54) is 0 Å². The summed E-state index contributed by atoms with van der Waals surface area (Å²) in [6, 6.07) is 14.2. The molecule has 5 nitrogen and oxygen atoms in total. The van der Waals surface area contributed by atoms with Crippen LogP contribution in [-0.2, 0) is 4.74 Å². The van der Waals surface area contributed by atoms with Crippen LogP contribution in [0.15, 0.2) is 53.0 Å². The van der Waals surface area contributed by atoms with E-state index in [9.17, 15) is 9.59 Å². The summed E-state index contributed by atoms with van der Waals surface area (Å²) in [5.74, 6) is -0.327. The highest BCUT2D eigenvalue weighted by molar-refractivity contribution is 9.10. The summed E-state index contributed by atoms with van der Waals surface area (Å²) in [5, 5.41) is 2.84. The van der Waals surface area contributed by atoms with Crippen LogP contribution in [0, 0.1) is 0 Å². The predicted octanol–water partition coefficient (Wildman–Crippen LogP) is 3.17. The van der Waals surface area contributed by atoms with Crippen LogP contribution in [-0.4, -0.2) is 43.0 Å². The van der Waals surface area contributed by atoms with E-state index < -0.39 is 0 Å². The molecule has 1 heterocycles. The number of hydrogen-bond acceptors (Lipinski definition) is 3. The van der Waals surface area contributed by atoms with Crippen molar-refractivity contribution < 1.29 is 14.3 Å². The van der Waals surface area contributed by atoms with Gasteiger partial charge in [0.15, 0.2) is 0 Å². The molecule has 0 atom stereocenters. The number of ether oxygens (including phenoxy) is 1. The van der Waals surface area contributed by atoms with Gasteiger partial charge in [-0.05, 0) is 46.3 Å². The van der Waals surface area contributed by atoms with Gasteiger partial charge < -0.3 is 15.0 Å². The first-order valence-electron chi connectivity index (χ1n) is 7.68. The van der Waals surface area contributed by atoms with Gasteiger partial charge in [0.2, 0.25) is 0 Å². The molecule has 1 fully saturated rings. The summed E-state index contributed by atoms with van der Waals surface area (Å²) in [6.45, 7) is 2.25. The van der Waals surface area contributed by atoms with Crippen molar-refractivity contribution >= 4 is 33.4 Å². The molecule has 1 saturated heterocycles. The Bertz CT molecular complexity index is 757. The van der Waals surface area contributed by atoms with Gasteiger partial charge in [-0.2, -0.15) is 0 Å². The second-order valence-electron chi connectivity index (χ2n) is 5.42. The molecular formula is C18H17BrN2O3. The fourth-order valence-corrected chi connectivity index (χ4v) is 2.88. The topological polar surface area (TPSA) is 58.6 Å². The maximum absolute atomic E-state index is 12.5. The molecule has 1 aliphatic rings. The van der Waals surface area contributed by atoms with E-state index >= 15 is 0 Å². The fourth-order valence-electron chi connectivity index (χ4n) is 2.50. The molecule has 1 N–H and O–H groups in total. The number of benzene rings is 2. The van der Waals surface area contributed by atoms with Crippen molar-refractivity contribution in [3.8, 4) is 0 Å². The van der Waals surface area contributed by atoms with Crippen molar-refractivity contribution in [2.75, 3.05) is 31.6 Å². The molecule has 0 unspecified atom stereocenters. The van der Waals surface area contributed by atoms with Crippen LogP contribution in [0.3, 0.4) is 0 Å². The van der Waals surface area contributed by atoms with Gasteiger partial charge in [0.25, 0.3) is 11.8 Å². The maximum atomic E-state index is 12.5. The minimum atomic E-state index is -0.251. The molecule has 0 aromatic heterocycles. The van der Waals surface area contributed by atoms with Crippen LogP contribution in [0.1, 0.15) is 20.7 Å². The third-order valence-electron chi connectivity index (χ3n) is 3.79. The average molecular weight is 389 g/mol. The largest absolute Gasteiger partial charge is 0.378 e. The molecule has 3 rings (SSSR count). The fraction of sp³-hybridized carbons (Fsp3) is 0.222. The summed E-state index contributed by atoms with van der Waals surface area (Å²) in [6.07, 6.45) is 0. The second-order valence-corrected chi connectivity index (χ2v) is 6.27. The lowest BCUT2D eigenvalue weighted by atomic mass is 10.1. The molecular weight excluding hydrogens is 372 g/mol. The zero-order valence-corrected chi connectivity index (χ0v) is 14.6. The van der Waals surface area contributed by atoms with E-state index in [-0.39, 0.29) is 11.8 Å². The summed E-state index contributed by atoms with van der Waals surface area (Å²) >= 11 is 3.40. The highest BCUT2D eigenvalue weighted by Gasteiger charge is 2.19. The van der Waals surface area contributed by atoms with Crippen molar-refractivity contribution in [3.63, 3.8) is 0 Å². The molecule has 6 heteroatoms. The minimum Gasteiger partial charge on any atom is -0.378 e. The number of nitrogens with one attached hydrogen (secondary N) is 1.